The first-order chi connectivity index (χ1) is 10.6. The molecule has 0 heterocycles. The Morgan fingerprint density at radius 1 is 1.30 bits per heavy atom. The monoisotopic (exact) mass is 360 g/mol. The fourth-order valence-electron chi connectivity index (χ4n) is 2.05. The molecule has 23 heavy (non-hydrogen) atoms. The zero-order chi connectivity index (χ0) is 17.6. The van der Waals surface area contributed by atoms with Crippen LogP contribution in [-0.2, 0) is 4.74 Å². The number of carbonyl (C=O) groups is 1. The summed E-state index contributed by atoms with van der Waals surface area (Å²) in [5.74, 6) is 0. The molecule has 1 aromatic rings. The van der Waals surface area contributed by atoms with Crippen LogP contribution in [0.25, 0.3) is 0 Å². The molecule has 0 spiro atoms. The number of benzene rings is 1. The number of hydrogen-bond donors (Lipinski definition) is 2. The molecule has 1 rings (SSSR count). The molecule has 0 aliphatic heterocycles. The van der Waals surface area contributed by atoms with E-state index in [1.54, 1.807) is 6.07 Å². The predicted octanol–water partition coefficient (Wildman–Crippen LogP) is 4.95. The summed E-state index contributed by atoms with van der Waals surface area (Å²) in [6.45, 7) is 10.2. The summed E-state index contributed by atoms with van der Waals surface area (Å²) < 4.78 is 5.28. The van der Waals surface area contributed by atoms with Gasteiger partial charge in [0.2, 0.25) is 0 Å². The van der Waals surface area contributed by atoms with Crippen LogP contribution >= 0.6 is 23.2 Å². The third-order valence-electron chi connectivity index (χ3n) is 3.31. The van der Waals surface area contributed by atoms with Crippen molar-refractivity contribution in [2.75, 3.05) is 6.54 Å². The SMILES string of the molecule is CCC(CNC(C)c1ccc(Cl)cc1Cl)NC(=O)OC(C)(C)C. The molecule has 0 aromatic heterocycles. The van der Waals surface area contributed by atoms with E-state index in [1.165, 1.54) is 0 Å². The Balaban J connectivity index is 2.55. The Morgan fingerprint density at radius 3 is 2.48 bits per heavy atom. The van der Waals surface area contributed by atoms with E-state index in [1.807, 2.05) is 46.8 Å². The number of ether oxygens (including phenoxy) is 1. The molecule has 0 aliphatic rings. The smallest absolute Gasteiger partial charge is 0.407 e. The molecular formula is C17H26Cl2N2O2. The second-order valence-corrected chi connectivity index (χ2v) is 7.39. The second-order valence-electron chi connectivity index (χ2n) is 6.55. The van der Waals surface area contributed by atoms with Crippen molar-refractivity contribution < 1.29 is 9.53 Å². The van der Waals surface area contributed by atoms with E-state index in [0.717, 1.165) is 12.0 Å². The summed E-state index contributed by atoms with van der Waals surface area (Å²) in [5, 5.41) is 7.50. The van der Waals surface area contributed by atoms with Crippen LogP contribution in [0.15, 0.2) is 18.2 Å². The lowest BCUT2D eigenvalue weighted by Gasteiger charge is -2.24. The zero-order valence-corrected chi connectivity index (χ0v) is 15.9. The minimum atomic E-state index is -0.500. The Labute approximate surface area is 148 Å². The highest BCUT2D eigenvalue weighted by molar-refractivity contribution is 6.35. The second kappa shape index (κ2) is 8.76. The average molecular weight is 361 g/mol. The van der Waals surface area contributed by atoms with Crippen molar-refractivity contribution in [2.24, 2.45) is 0 Å². The highest BCUT2D eigenvalue weighted by atomic mass is 35.5. The van der Waals surface area contributed by atoms with Gasteiger partial charge in [-0.25, -0.2) is 4.79 Å². The van der Waals surface area contributed by atoms with Gasteiger partial charge in [-0.05, 0) is 51.8 Å². The highest BCUT2D eigenvalue weighted by Crippen LogP contribution is 2.26. The van der Waals surface area contributed by atoms with Gasteiger partial charge in [-0.1, -0.05) is 36.2 Å². The number of alkyl carbamates (subject to hydrolysis) is 1. The van der Waals surface area contributed by atoms with E-state index in [-0.39, 0.29) is 12.1 Å². The number of rotatable bonds is 6. The van der Waals surface area contributed by atoms with Crippen LogP contribution in [0.1, 0.15) is 52.6 Å². The van der Waals surface area contributed by atoms with E-state index < -0.39 is 11.7 Å². The molecular weight excluding hydrogens is 335 g/mol. The van der Waals surface area contributed by atoms with Crippen LogP contribution in [-0.4, -0.2) is 24.3 Å². The molecule has 0 saturated carbocycles. The third kappa shape index (κ3) is 7.42. The number of halogens is 2. The number of hydrogen-bond acceptors (Lipinski definition) is 3. The molecule has 2 atom stereocenters. The number of carbonyl (C=O) groups excluding carboxylic acids is 1. The Bertz CT molecular complexity index is 530. The van der Waals surface area contributed by atoms with Crippen LogP contribution in [0, 0.1) is 0 Å². The van der Waals surface area contributed by atoms with Crippen molar-refractivity contribution >= 4 is 29.3 Å². The quantitative estimate of drug-likeness (QED) is 0.754. The van der Waals surface area contributed by atoms with Crippen LogP contribution in [0.4, 0.5) is 4.79 Å². The fraction of sp³-hybridized carbons (Fsp3) is 0.588. The van der Waals surface area contributed by atoms with Gasteiger partial charge in [-0.3, -0.25) is 0 Å². The number of amides is 1. The van der Waals surface area contributed by atoms with Crippen molar-refractivity contribution in [3.63, 3.8) is 0 Å². The number of nitrogens with one attached hydrogen (secondary N) is 2. The first kappa shape index (κ1) is 20.1. The summed E-state index contributed by atoms with van der Waals surface area (Å²) >= 11 is 12.1. The maximum absolute atomic E-state index is 11.8. The Hall–Kier alpha value is -0.970. The van der Waals surface area contributed by atoms with Gasteiger partial charge >= 0.3 is 6.09 Å². The molecule has 0 saturated heterocycles. The molecule has 1 aromatic carbocycles. The van der Waals surface area contributed by atoms with Crippen LogP contribution in [0.3, 0.4) is 0 Å². The first-order valence-corrected chi connectivity index (χ1v) is 8.55. The standard InChI is InChI=1S/C17H26Cl2N2O2/c1-6-13(21-16(22)23-17(3,4)5)10-20-11(2)14-8-7-12(18)9-15(14)19/h7-9,11,13,20H,6,10H2,1-5H3,(H,21,22). The maximum atomic E-state index is 11.8. The van der Waals surface area contributed by atoms with Gasteiger partial charge in [0.1, 0.15) is 5.60 Å². The van der Waals surface area contributed by atoms with Crippen molar-refractivity contribution in [3.8, 4) is 0 Å². The fourth-order valence-corrected chi connectivity index (χ4v) is 2.63. The van der Waals surface area contributed by atoms with E-state index in [4.69, 9.17) is 27.9 Å². The van der Waals surface area contributed by atoms with Crippen molar-refractivity contribution in [1.82, 2.24) is 10.6 Å². The van der Waals surface area contributed by atoms with Crippen LogP contribution in [0.2, 0.25) is 10.0 Å². The van der Waals surface area contributed by atoms with Gasteiger partial charge in [0.15, 0.2) is 0 Å². The largest absolute Gasteiger partial charge is 0.444 e. The molecule has 0 fully saturated rings. The van der Waals surface area contributed by atoms with Gasteiger partial charge < -0.3 is 15.4 Å². The molecule has 0 radical (unpaired) electrons. The van der Waals surface area contributed by atoms with E-state index >= 15 is 0 Å². The van der Waals surface area contributed by atoms with Gasteiger partial charge in [-0.2, -0.15) is 0 Å². The van der Waals surface area contributed by atoms with E-state index in [2.05, 4.69) is 10.6 Å². The van der Waals surface area contributed by atoms with Crippen molar-refractivity contribution in [2.45, 2.75) is 58.7 Å². The van der Waals surface area contributed by atoms with Gasteiger partial charge in [0.25, 0.3) is 0 Å². The normalized spacial score (nSPS) is 14.2. The predicted molar refractivity (Wildman–Crippen MR) is 96.3 cm³/mol. The van der Waals surface area contributed by atoms with E-state index in [0.29, 0.717) is 16.6 Å². The summed E-state index contributed by atoms with van der Waals surface area (Å²) in [7, 11) is 0. The molecule has 6 heteroatoms. The Morgan fingerprint density at radius 2 is 1.96 bits per heavy atom. The van der Waals surface area contributed by atoms with Crippen molar-refractivity contribution in [1.29, 1.82) is 0 Å². The lowest BCUT2D eigenvalue weighted by molar-refractivity contribution is 0.0502. The molecule has 4 nitrogen and oxygen atoms in total. The minimum Gasteiger partial charge on any atom is -0.444 e. The molecule has 2 unspecified atom stereocenters. The molecule has 130 valence electrons. The Kier molecular flexibility index (Phi) is 7.65. The molecule has 0 bridgehead atoms. The maximum Gasteiger partial charge on any atom is 0.407 e. The lowest BCUT2D eigenvalue weighted by Crippen LogP contribution is -2.44. The van der Waals surface area contributed by atoms with Crippen molar-refractivity contribution in [3.05, 3.63) is 33.8 Å². The van der Waals surface area contributed by atoms with Crippen LogP contribution < -0.4 is 10.6 Å². The average Bonchev–Trinajstić information content (AvgIpc) is 2.41. The van der Waals surface area contributed by atoms with Gasteiger partial charge in [0, 0.05) is 28.7 Å². The third-order valence-corrected chi connectivity index (χ3v) is 3.88. The van der Waals surface area contributed by atoms with Crippen LogP contribution in [0.5, 0.6) is 0 Å². The summed E-state index contributed by atoms with van der Waals surface area (Å²) in [6.07, 6.45) is 0.399. The minimum absolute atomic E-state index is 0.0154. The summed E-state index contributed by atoms with van der Waals surface area (Å²) in [4.78, 5) is 11.8. The van der Waals surface area contributed by atoms with Gasteiger partial charge in [-0.15, -0.1) is 0 Å². The molecule has 0 aliphatic carbocycles. The van der Waals surface area contributed by atoms with Gasteiger partial charge in [0.05, 0.1) is 0 Å². The molecule has 2 N–H and O–H groups in total. The zero-order valence-electron chi connectivity index (χ0n) is 14.4. The topological polar surface area (TPSA) is 50.4 Å². The summed E-state index contributed by atoms with van der Waals surface area (Å²) in [6, 6.07) is 5.49. The lowest BCUT2D eigenvalue weighted by atomic mass is 10.1. The molecule has 1 amide bonds. The summed E-state index contributed by atoms with van der Waals surface area (Å²) in [5.41, 5.74) is 0.475. The first-order valence-electron chi connectivity index (χ1n) is 7.80. The highest BCUT2D eigenvalue weighted by Gasteiger charge is 2.19. The van der Waals surface area contributed by atoms with E-state index in [9.17, 15) is 4.79 Å².